The predicted octanol–water partition coefficient (Wildman–Crippen LogP) is 3.79. The van der Waals surface area contributed by atoms with Gasteiger partial charge < -0.3 is 4.74 Å². The fraction of sp³-hybridized carbons (Fsp3) is 0.391. The van der Waals surface area contributed by atoms with E-state index in [1.165, 1.54) is 11.1 Å². The fourth-order valence-electron chi connectivity index (χ4n) is 3.76. The van der Waals surface area contributed by atoms with Crippen LogP contribution in [0.3, 0.4) is 0 Å². The monoisotopic (exact) mass is 414 g/mol. The van der Waals surface area contributed by atoms with Gasteiger partial charge in [0.25, 0.3) is 0 Å². The molecule has 0 unspecified atom stereocenters. The number of benzene rings is 2. The Hall–Kier alpha value is -2.15. The molecular formula is C23H30N2O3S. The zero-order valence-electron chi connectivity index (χ0n) is 17.2. The van der Waals surface area contributed by atoms with E-state index in [4.69, 9.17) is 4.74 Å². The summed E-state index contributed by atoms with van der Waals surface area (Å²) in [4.78, 5) is 2.69. The molecular weight excluding hydrogens is 384 g/mol. The molecule has 0 radical (unpaired) electrons. The number of nitrogens with one attached hydrogen (secondary N) is 1. The van der Waals surface area contributed by atoms with Crippen molar-refractivity contribution in [2.75, 3.05) is 33.3 Å². The fourth-order valence-corrected chi connectivity index (χ4v) is 4.88. The molecule has 0 bridgehead atoms. The minimum Gasteiger partial charge on any atom is -0.497 e. The molecule has 2 aromatic rings. The highest BCUT2D eigenvalue weighted by molar-refractivity contribution is 7.89. The molecule has 1 N–H and O–H groups in total. The van der Waals surface area contributed by atoms with Gasteiger partial charge in [0.2, 0.25) is 10.0 Å². The molecule has 6 heteroatoms. The van der Waals surface area contributed by atoms with Crippen LogP contribution in [0.1, 0.15) is 25.3 Å². The lowest BCUT2D eigenvalue weighted by Crippen LogP contribution is -2.41. The number of ether oxygens (including phenoxy) is 1. The van der Waals surface area contributed by atoms with Gasteiger partial charge in [-0.25, -0.2) is 13.1 Å². The van der Waals surface area contributed by atoms with Crippen LogP contribution < -0.4 is 9.46 Å². The van der Waals surface area contributed by atoms with Crippen molar-refractivity contribution in [1.29, 1.82) is 0 Å². The quantitative estimate of drug-likeness (QED) is 0.714. The third-order valence-electron chi connectivity index (χ3n) is 5.22. The largest absolute Gasteiger partial charge is 0.497 e. The van der Waals surface area contributed by atoms with Crippen LogP contribution in [0.2, 0.25) is 0 Å². The molecule has 1 aliphatic rings. The topological polar surface area (TPSA) is 58.6 Å². The van der Waals surface area contributed by atoms with Crippen LogP contribution in [-0.2, 0) is 10.0 Å². The summed E-state index contributed by atoms with van der Waals surface area (Å²) in [5, 5.41) is 0. The van der Waals surface area contributed by atoms with Crippen molar-refractivity contribution in [3.8, 4) is 5.75 Å². The van der Waals surface area contributed by atoms with Crippen molar-refractivity contribution < 1.29 is 13.2 Å². The van der Waals surface area contributed by atoms with Gasteiger partial charge in [-0.1, -0.05) is 42.0 Å². The van der Waals surface area contributed by atoms with Crippen molar-refractivity contribution in [3.05, 3.63) is 65.7 Å². The van der Waals surface area contributed by atoms with Gasteiger partial charge in [-0.05, 0) is 62.1 Å². The smallest absolute Gasteiger partial charge is 0.240 e. The maximum atomic E-state index is 12.6. The summed E-state index contributed by atoms with van der Waals surface area (Å²) in [6, 6.07) is 16.8. The summed E-state index contributed by atoms with van der Waals surface area (Å²) in [6.07, 6.45) is 4.35. The van der Waals surface area contributed by atoms with E-state index >= 15 is 0 Å². The Labute approximate surface area is 174 Å². The molecule has 156 valence electrons. The lowest BCUT2D eigenvalue weighted by Gasteiger charge is -2.33. The zero-order chi connectivity index (χ0) is 20.7. The maximum Gasteiger partial charge on any atom is 0.240 e. The first-order valence-electron chi connectivity index (χ1n) is 10.0. The maximum absolute atomic E-state index is 12.6. The van der Waals surface area contributed by atoms with E-state index in [0.717, 1.165) is 32.5 Å². The molecule has 0 spiro atoms. The first-order chi connectivity index (χ1) is 14.0. The van der Waals surface area contributed by atoms with Crippen molar-refractivity contribution in [2.24, 2.45) is 5.92 Å². The predicted molar refractivity (Wildman–Crippen MR) is 117 cm³/mol. The lowest BCUT2D eigenvalue weighted by molar-refractivity contribution is 0.189. The average Bonchev–Trinajstić information content (AvgIpc) is 2.73. The number of hydrogen-bond donors (Lipinski definition) is 1. The van der Waals surface area contributed by atoms with Crippen LogP contribution in [-0.4, -0.2) is 46.6 Å². The number of sulfonamides is 1. The summed E-state index contributed by atoms with van der Waals surface area (Å²) in [5.41, 5.74) is 2.53. The normalized spacial score (nSPS) is 18.6. The molecule has 0 amide bonds. The number of likely N-dealkylation sites (tertiary alicyclic amines) is 1. The summed E-state index contributed by atoms with van der Waals surface area (Å²) >= 11 is 0. The minimum atomic E-state index is -3.50. The average molecular weight is 415 g/mol. The van der Waals surface area contributed by atoms with Crippen LogP contribution in [0.5, 0.6) is 5.75 Å². The highest BCUT2D eigenvalue weighted by atomic mass is 32.2. The van der Waals surface area contributed by atoms with Crippen molar-refractivity contribution >= 4 is 16.1 Å². The molecule has 1 fully saturated rings. The highest BCUT2D eigenvalue weighted by Gasteiger charge is 2.22. The number of rotatable bonds is 8. The summed E-state index contributed by atoms with van der Waals surface area (Å²) in [5.74, 6) is 0.965. The zero-order valence-corrected chi connectivity index (χ0v) is 18.0. The Morgan fingerprint density at radius 2 is 1.90 bits per heavy atom. The Bertz CT molecular complexity index is 909. The first kappa shape index (κ1) is 21.6. The Balaban J connectivity index is 1.53. The second-order valence-electron chi connectivity index (χ2n) is 7.67. The van der Waals surface area contributed by atoms with Gasteiger partial charge in [-0.15, -0.1) is 0 Å². The molecule has 1 aliphatic heterocycles. The van der Waals surface area contributed by atoms with Gasteiger partial charge in [0.05, 0.1) is 12.0 Å². The molecule has 1 heterocycles. The molecule has 3 rings (SSSR count). The van der Waals surface area contributed by atoms with Gasteiger partial charge >= 0.3 is 0 Å². The molecule has 29 heavy (non-hydrogen) atoms. The second kappa shape index (κ2) is 10.1. The Kier molecular flexibility index (Phi) is 7.47. The van der Waals surface area contributed by atoms with Crippen molar-refractivity contribution in [3.63, 3.8) is 0 Å². The van der Waals surface area contributed by atoms with E-state index in [-0.39, 0.29) is 4.90 Å². The van der Waals surface area contributed by atoms with E-state index in [1.807, 2.05) is 18.2 Å². The van der Waals surface area contributed by atoms with Crippen molar-refractivity contribution in [2.45, 2.75) is 24.7 Å². The van der Waals surface area contributed by atoms with E-state index < -0.39 is 10.0 Å². The molecule has 2 aromatic carbocycles. The number of piperidine rings is 1. The summed E-state index contributed by atoms with van der Waals surface area (Å²) in [7, 11) is -1.94. The standard InChI is InChI=1S/C23H30N2O3S/c1-19(15-20-7-4-3-5-8-20)17-25-14-6-9-21(18-25)16-24-29(26,27)23-12-10-22(28-2)11-13-23/h3-5,7-8,10-13,15,21,24H,6,9,14,16-18H2,1-2H3/b19-15+/t21-/m0/s1. The third kappa shape index (κ3) is 6.42. The number of hydrogen-bond acceptors (Lipinski definition) is 4. The van der Waals surface area contributed by atoms with E-state index in [0.29, 0.717) is 18.2 Å². The van der Waals surface area contributed by atoms with E-state index in [9.17, 15) is 8.42 Å². The third-order valence-corrected chi connectivity index (χ3v) is 6.66. The van der Waals surface area contributed by atoms with Crippen molar-refractivity contribution in [1.82, 2.24) is 9.62 Å². The first-order valence-corrected chi connectivity index (χ1v) is 11.5. The Morgan fingerprint density at radius 3 is 2.59 bits per heavy atom. The molecule has 0 saturated carbocycles. The van der Waals surface area contributed by atoms with Gasteiger partial charge in [-0.2, -0.15) is 0 Å². The van der Waals surface area contributed by atoms with Crippen LogP contribution in [0.4, 0.5) is 0 Å². The number of nitrogens with zero attached hydrogens (tertiary/aromatic N) is 1. The summed E-state index contributed by atoms with van der Waals surface area (Å²) < 4.78 is 33.0. The molecule has 0 aromatic heterocycles. The SMILES string of the molecule is COc1ccc(S(=O)(=O)NC[C@@H]2CCCN(C/C(C)=C/c3ccccc3)C2)cc1. The Morgan fingerprint density at radius 1 is 1.17 bits per heavy atom. The minimum absolute atomic E-state index is 0.271. The number of methoxy groups -OCH3 is 1. The van der Waals surface area contributed by atoms with Crippen LogP contribution in [0.15, 0.2) is 65.1 Å². The highest BCUT2D eigenvalue weighted by Crippen LogP contribution is 2.19. The molecule has 1 saturated heterocycles. The van der Waals surface area contributed by atoms with Gasteiger partial charge in [0.1, 0.15) is 5.75 Å². The van der Waals surface area contributed by atoms with Gasteiger partial charge in [0, 0.05) is 19.6 Å². The van der Waals surface area contributed by atoms with Gasteiger partial charge in [-0.3, -0.25) is 4.90 Å². The van der Waals surface area contributed by atoms with Crippen LogP contribution in [0, 0.1) is 5.92 Å². The van der Waals surface area contributed by atoms with E-state index in [1.54, 1.807) is 31.4 Å². The second-order valence-corrected chi connectivity index (χ2v) is 9.44. The van der Waals surface area contributed by atoms with Gasteiger partial charge in [0.15, 0.2) is 0 Å². The lowest BCUT2D eigenvalue weighted by atomic mass is 9.98. The molecule has 1 atom stereocenters. The van der Waals surface area contributed by atoms with E-state index in [2.05, 4.69) is 34.8 Å². The molecule has 0 aliphatic carbocycles. The molecule has 5 nitrogen and oxygen atoms in total. The summed E-state index contributed by atoms with van der Waals surface area (Å²) in [6.45, 7) is 5.50. The van der Waals surface area contributed by atoms with Crippen LogP contribution >= 0.6 is 0 Å². The van der Waals surface area contributed by atoms with Crippen LogP contribution in [0.25, 0.3) is 6.08 Å².